The van der Waals surface area contributed by atoms with Gasteiger partial charge in [0.2, 0.25) is 0 Å². The van der Waals surface area contributed by atoms with Gasteiger partial charge < -0.3 is 15.5 Å². The molecule has 2 atom stereocenters. The minimum absolute atomic E-state index is 0.385. The summed E-state index contributed by atoms with van der Waals surface area (Å²) in [4.78, 5) is 13.4. The zero-order chi connectivity index (χ0) is 20.0. The molecule has 2 rings (SSSR count). The Kier molecular flexibility index (Phi) is 7.95. The van der Waals surface area contributed by atoms with Crippen molar-refractivity contribution in [1.82, 2.24) is 10.2 Å². The molecule has 0 unspecified atom stereocenters. The van der Waals surface area contributed by atoms with Crippen LogP contribution in [0.3, 0.4) is 0 Å². The van der Waals surface area contributed by atoms with E-state index in [0.29, 0.717) is 24.0 Å². The average Bonchev–Trinajstić information content (AvgIpc) is 2.58. The van der Waals surface area contributed by atoms with Crippen LogP contribution in [-0.4, -0.2) is 51.5 Å². The van der Waals surface area contributed by atoms with Crippen LogP contribution in [0.2, 0.25) is 5.02 Å². The molecule has 1 aromatic rings. The molecule has 0 bridgehead atoms. The fraction of sp³-hybridized carbons (Fsp3) is 0.667. The lowest BCUT2D eigenvalue weighted by Crippen LogP contribution is -2.58. The maximum absolute atomic E-state index is 12.0. The van der Waals surface area contributed by atoms with E-state index < -0.39 is 23.8 Å². The Bertz CT molecular complexity index is 612. The Balaban J connectivity index is 2.17. The number of hydrogen-bond donors (Lipinski definition) is 3. The Morgan fingerprint density at radius 3 is 2.52 bits per heavy atom. The van der Waals surface area contributed by atoms with Crippen LogP contribution in [-0.2, 0) is 6.42 Å². The SMILES string of the molecule is CC(C)(C)N(C(=O)O)[C@@H](Cc1cccc(Cl)c1)[C@@H](O)CNC1CCCCC1. The van der Waals surface area contributed by atoms with E-state index in [1.54, 1.807) is 6.07 Å². The predicted molar refractivity (Wildman–Crippen MR) is 109 cm³/mol. The Morgan fingerprint density at radius 1 is 1.30 bits per heavy atom. The minimum atomic E-state index is -1.02. The first kappa shape index (κ1) is 22.0. The summed E-state index contributed by atoms with van der Waals surface area (Å²) in [5, 5.41) is 24.9. The van der Waals surface area contributed by atoms with Gasteiger partial charge in [-0.05, 0) is 57.7 Å². The zero-order valence-electron chi connectivity index (χ0n) is 16.6. The molecule has 3 N–H and O–H groups in total. The van der Waals surface area contributed by atoms with E-state index in [1.807, 2.05) is 39.0 Å². The number of carboxylic acid groups (broad SMARTS) is 1. The molecule has 1 aliphatic carbocycles. The van der Waals surface area contributed by atoms with Crippen molar-refractivity contribution >= 4 is 17.7 Å². The van der Waals surface area contributed by atoms with Gasteiger partial charge >= 0.3 is 6.09 Å². The highest BCUT2D eigenvalue weighted by Crippen LogP contribution is 2.24. The van der Waals surface area contributed by atoms with Crippen molar-refractivity contribution in [2.45, 2.75) is 83.0 Å². The minimum Gasteiger partial charge on any atom is -0.465 e. The van der Waals surface area contributed by atoms with Crippen molar-refractivity contribution in [1.29, 1.82) is 0 Å². The van der Waals surface area contributed by atoms with Crippen molar-refractivity contribution in [2.75, 3.05) is 6.54 Å². The van der Waals surface area contributed by atoms with Crippen molar-refractivity contribution in [3.63, 3.8) is 0 Å². The van der Waals surface area contributed by atoms with E-state index in [9.17, 15) is 15.0 Å². The van der Waals surface area contributed by atoms with Crippen LogP contribution in [0.4, 0.5) is 4.79 Å². The van der Waals surface area contributed by atoms with Crippen molar-refractivity contribution < 1.29 is 15.0 Å². The highest BCUT2D eigenvalue weighted by Gasteiger charge is 2.37. The number of amides is 1. The second-order valence-corrected chi connectivity index (χ2v) is 8.97. The molecule has 1 amide bonds. The Hall–Kier alpha value is -1.30. The monoisotopic (exact) mass is 396 g/mol. The first-order valence-electron chi connectivity index (χ1n) is 9.86. The van der Waals surface area contributed by atoms with Crippen LogP contribution in [0, 0.1) is 0 Å². The van der Waals surface area contributed by atoms with Gasteiger partial charge in [0.15, 0.2) is 0 Å². The molecule has 0 aliphatic heterocycles. The molecule has 1 fully saturated rings. The molecule has 5 nitrogen and oxygen atoms in total. The summed E-state index contributed by atoms with van der Waals surface area (Å²) in [5.41, 5.74) is 0.292. The van der Waals surface area contributed by atoms with E-state index in [0.717, 1.165) is 18.4 Å². The molecule has 1 saturated carbocycles. The third kappa shape index (κ3) is 6.66. The van der Waals surface area contributed by atoms with Crippen LogP contribution in [0.5, 0.6) is 0 Å². The number of aliphatic hydroxyl groups excluding tert-OH is 1. The normalized spacial score (nSPS) is 18.1. The lowest BCUT2D eigenvalue weighted by atomic mass is 9.93. The molecule has 1 aromatic carbocycles. The topological polar surface area (TPSA) is 72.8 Å². The smallest absolute Gasteiger partial charge is 0.408 e. The number of hydrogen-bond acceptors (Lipinski definition) is 3. The van der Waals surface area contributed by atoms with E-state index in [1.165, 1.54) is 24.2 Å². The maximum Gasteiger partial charge on any atom is 0.408 e. The number of benzene rings is 1. The number of aliphatic hydroxyl groups is 1. The summed E-state index contributed by atoms with van der Waals surface area (Å²) in [6, 6.07) is 7.25. The van der Waals surface area contributed by atoms with Gasteiger partial charge in [-0.2, -0.15) is 0 Å². The summed E-state index contributed by atoms with van der Waals surface area (Å²) in [7, 11) is 0. The first-order chi connectivity index (χ1) is 12.7. The maximum atomic E-state index is 12.0. The second-order valence-electron chi connectivity index (χ2n) is 8.54. The van der Waals surface area contributed by atoms with Gasteiger partial charge in [-0.25, -0.2) is 4.79 Å². The fourth-order valence-corrected chi connectivity index (χ4v) is 4.17. The molecule has 27 heavy (non-hydrogen) atoms. The molecule has 0 saturated heterocycles. The Labute approximate surface area is 167 Å². The van der Waals surface area contributed by atoms with E-state index in [4.69, 9.17) is 11.6 Å². The molecule has 6 heteroatoms. The molecule has 0 aromatic heterocycles. The van der Waals surface area contributed by atoms with Gasteiger partial charge in [-0.15, -0.1) is 0 Å². The molecular formula is C21H33ClN2O3. The summed E-state index contributed by atoms with van der Waals surface area (Å²) in [6.45, 7) is 5.95. The molecular weight excluding hydrogens is 364 g/mol. The fourth-order valence-electron chi connectivity index (χ4n) is 3.96. The molecule has 1 aliphatic rings. The van der Waals surface area contributed by atoms with Gasteiger partial charge in [-0.1, -0.05) is 43.0 Å². The highest BCUT2D eigenvalue weighted by atomic mass is 35.5. The van der Waals surface area contributed by atoms with E-state index in [-0.39, 0.29) is 0 Å². The van der Waals surface area contributed by atoms with E-state index >= 15 is 0 Å². The van der Waals surface area contributed by atoms with Gasteiger partial charge in [0, 0.05) is 23.1 Å². The number of halogens is 1. The zero-order valence-corrected chi connectivity index (χ0v) is 17.4. The van der Waals surface area contributed by atoms with Gasteiger partial charge in [0.1, 0.15) is 0 Å². The lowest BCUT2D eigenvalue weighted by molar-refractivity contribution is 0.00649. The van der Waals surface area contributed by atoms with Crippen molar-refractivity contribution in [3.8, 4) is 0 Å². The summed E-state index contributed by atoms with van der Waals surface area (Å²) >= 11 is 6.10. The average molecular weight is 397 g/mol. The van der Waals surface area contributed by atoms with Gasteiger partial charge in [0.25, 0.3) is 0 Å². The van der Waals surface area contributed by atoms with E-state index in [2.05, 4.69) is 5.32 Å². The molecule has 152 valence electrons. The highest BCUT2D eigenvalue weighted by molar-refractivity contribution is 6.30. The number of nitrogens with one attached hydrogen (secondary N) is 1. The van der Waals surface area contributed by atoms with Crippen LogP contribution in [0.15, 0.2) is 24.3 Å². The molecule has 0 radical (unpaired) electrons. The third-order valence-electron chi connectivity index (χ3n) is 5.26. The molecule has 0 spiro atoms. The largest absolute Gasteiger partial charge is 0.465 e. The van der Waals surface area contributed by atoms with Crippen molar-refractivity contribution in [2.24, 2.45) is 0 Å². The lowest BCUT2D eigenvalue weighted by Gasteiger charge is -2.42. The predicted octanol–water partition coefficient (Wildman–Crippen LogP) is 4.31. The van der Waals surface area contributed by atoms with Gasteiger partial charge in [0.05, 0.1) is 12.1 Å². The second kappa shape index (κ2) is 9.76. The molecule has 0 heterocycles. The number of nitrogens with zero attached hydrogens (tertiary/aromatic N) is 1. The quantitative estimate of drug-likeness (QED) is 0.642. The van der Waals surface area contributed by atoms with Crippen LogP contribution < -0.4 is 5.32 Å². The summed E-state index contributed by atoms with van der Waals surface area (Å²) in [6.07, 6.45) is 4.52. The van der Waals surface area contributed by atoms with Crippen LogP contribution in [0.1, 0.15) is 58.4 Å². The standard InChI is InChI=1S/C21H33ClN2O3/c1-21(2,3)24(20(26)27)18(13-15-8-7-9-16(22)12-15)19(25)14-23-17-10-5-4-6-11-17/h7-9,12,17-19,23,25H,4-6,10-11,13-14H2,1-3H3,(H,26,27)/t18-,19-/m0/s1. The first-order valence-corrected chi connectivity index (χ1v) is 10.2. The number of rotatable bonds is 7. The van der Waals surface area contributed by atoms with Crippen LogP contribution >= 0.6 is 11.6 Å². The summed E-state index contributed by atoms with van der Waals surface area (Å²) < 4.78 is 0. The summed E-state index contributed by atoms with van der Waals surface area (Å²) in [5.74, 6) is 0. The Morgan fingerprint density at radius 2 is 1.96 bits per heavy atom. The third-order valence-corrected chi connectivity index (χ3v) is 5.49. The number of carbonyl (C=O) groups is 1. The van der Waals surface area contributed by atoms with Crippen molar-refractivity contribution in [3.05, 3.63) is 34.9 Å². The van der Waals surface area contributed by atoms with Gasteiger partial charge in [-0.3, -0.25) is 4.90 Å². The van der Waals surface area contributed by atoms with Crippen LogP contribution in [0.25, 0.3) is 0 Å².